The molecule has 2 aromatic rings. The van der Waals surface area contributed by atoms with Crippen LogP contribution in [0, 0.1) is 0 Å². The van der Waals surface area contributed by atoms with E-state index in [9.17, 15) is 13.2 Å². The molecule has 0 saturated heterocycles. The van der Waals surface area contributed by atoms with Crippen LogP contribution in [0.2, 0.25) is 4.34 Å². The summed E-state index contributed by atoms with van der Waals surface area (Å²) in [4.78, 5) is 3.75. The first kappa shape index (κ1) is 13.8. The van der Waals surface area contributed by atoms with Crippen molar-refractivity contribution in [2.75, 3.05) is 0 Å². The molecule has 18 heavy (non-hydrogen) atoms. The summed E-state index contributed by atoms with van der Waals surface area (Å²) in [5.74, 6) is -1.66. The molecule has 2 aromatic heterocycles. The molecular formula is C8H4BrClF3N3OS. The highest BCUT2D eigenvalue weighted by Crippen LogP contribution is 2.36. The molecule has 0 aliphatic carbocycles. The van der Waals surface area contributed by atoms with E-state index < -0.39 is 18.1 Å². The third-order valence-electron chi connectivity index (χ3n) is 1.93. The maximum atomic E-state index is 12.3. The van der Waals surface area contributed by atoms with Gasteiger partial charge in [-0.3, -0.25) is 0 Å². The fourth-order valence-electron chi connectivity index (χ4n) is 1.12. The molecule has 10 heteroatoms. The molecule has 1 unspecified atom stereocenters. The molecule has 2 N–H and O–H groups in total. The highest BCUT2D eigenvalue weighted by atomic mass is 79.9. The number of aromatic nitrogens is 2. The highest BCUT2D eigenvalue weighted by Gasteiger charge is 2.39. The Morgan fingerprint density at radius 3 is 2.61 bits per heavy atom. The van der Waals surface area contributed by atoms with Gasteiger partial charge in [0.05, 0.1) is 0 Å². The average molecular weight is 363 g/mol. The Hall–Kier alpha value is -0.640. The van der Waals surface area contributed by atoms with E-state index in [1.54, 1.807) is 6.07 Å². The summed E-state index contributed by atoms with van der Waals surface area (Å²) in [5.41, 5.74) is 5.73. The van der Waals surface area contributed by atoms with Gasteiger partial charge in [-0.05, 0) is 22.0 Å². The van der Waals surface area contributed by atoms with Gasteiger partial charge in [-0.1, -0.05) is 16.8 Å². The third kappa shape index (κ3) is 2.68. The van der Waals surface area contributed by atoms with Gasteiger partial charge in [0.2, 0.25) is 0 Å². The molecule has 0 fully saturated rings. The van der Waals surface area contributed by atoms with Crippen LogP contribution in [0.3, 0.4) is 0 Å². The monoisotopic (exact) mass is 361 g/mol. The number of hydrogen-bond acceptors (Lipinski definition) is 5. The smallest absolute Gasteiger partial charge is 0.329 e. The molecule has 0 aliphatic heterocycles. The van der Waals surface area contributed by atoms with E-state index in [0.717, 1.165) is 11.3 Å². The van der Waals surface area contributed by atoms with E-state index in [-0.39, 0.29) is 5.82 Å². The SMILES string of the molecule is NC(c1noc(C(F)(F)F)n1)c1cc(Br)c(Cl)s1. The van der Waals surface area contributed by atoms with Crippen molar-refractivity contribution in [3.05, 3.63) is 31.5 Å². The first-order chi connectivity index (χ1) is 8.29. The molecule has 0 aliphatic rings. The minimum absolute atomic E-state index is 0.243. The first-order valence-corrected chi connectivity index (χ1v) is 6.39. The third-order valence-corrected chi connectivity index (χ3v) is 4.49. The second kappa shape index (κ2) is 4.80. The van der Waals surface area contributed by atoms with Crippen LogP contribution in [-0.2, 0) is 6.18 Å². The van der Waals surface area contributed by atoms with Gasteiger partial charge in [0, 0.05) is 9.35 Å². The Morgan fingerprint density at radius 1 is 1.50 bits per heavy atom. The fourth-order valence-corrected chi connectivity index (χ4v) is 2.86. The number of hydrogen-bond donors (Lipinski definition) is 1. The van der Waals surface area contributed by atoms with E-state index in [4.69, 9.17) is 17.3 Å². The second-order valence-corrected chi connectivity index (χ2v) is 5.74. The van der Waals surface area contributed by atoms with Crippen molar-refractivity contribution in [2.45, 2.75) is 12.2 Å². The normalized spacial score (nSPS) is 13.9. The molecule has 98 valence electrons. The minimum Gasteiger partial charge on any atom is -0.329 e. The zero-order valence-corrected chi connectivity index (χ0v) is 11.5. The van der Waals surface area contributed by atoms with Gasteiger partial charge in [0.1, 0.15) is 10.4 Å². The molecule has 2 rings (SSSR count). The summed E-state index contributed by atoms with van der Waals surface area (Å²) in [5, 5.41) is 3.22. The average Bonchev–Trinajstić information content (AvgIpc) is 2.85. The number of nitrogens with two attached hydrogens (primary N) is 1. The van der Waals surface area contributed by atoms with E-state index >= 15 is 0 Å². The van der Waals surface area contributed by atoms with Crippen LogP contribution in [0.5, 0.6) is 0 Å². The number of thiophene rings is 1. The van der Waals surface area contributed by atoms with Crippen molar-refractivity contribution < 1.29 is 17.7 Å². The maximum absolute atomic E-state index is 12.3. The van der Waals surface area contributed by atoms with Crippen LogP contribution in [0.1, 0.15) is 22.6 Å². The summed E-state index contributed by atoms with van der Waals surface area (Å²) in [6.45, 7) is 0. The molecule has 0 radical (unpaired) electrons. The van der Waals surface area contributed by atoms with Crippen LogP contribution in [0.25, 0.3) is 0 Å². The standard InChI is InChI=1S/C8H4BrClF3N3OS/c9-2-1-3(18-5(2)10)4(14)6-15-7(17-16-6)8(11,12)13/h1,4H,14H2. The molecule has 0 aromatic carbocycles. The first-order valence-electron chi connectivity index (χ1n) is 4.40. The van der Waals surface area contributed by atoms with Gasteiger partial charge >= 0.3 is 12.1 Å². The summed E-state index contributed by atoms with van der Waals surface area (Å²) >= 11 is 10.1. The van der Waals surface area contributed by atoms with Crippen molar-refractivity contribution in [3.63, 3.8) is 0 Å². The van der Waals surface area contributed by atoms with Crippen LogP contribution in [0.4, 0.5) is 13.2 Å². The fraction of sp³-hybridized carbons (Fsp3) is 0.250. The van der Waals surface area contributed by atoms with Gasteiger partial charge in [0.25, 0.3) is 0 Å². The van der Waals surface area contributed by atoms with Crippen molar-refractivity contribution in [1.29, 1.82) is 0 Å². The molecule has 2 heterocycles. The lowest BCUT2D eigenvalue weighted by Crippen LogP contribution is -2.13. The largest absolute Gasteiger partial charge is 0.471 e. The van der Waals surface area contributed by atoms with E-state index in [1.165, 1.54) is 0 Å². The predicted octanol–water partition coefficient (Wildman–Crippen LogP) is 3.61. The van der Waals surface area contributed by atoms with E-state index in [1.807, 2.05) is 0 Å². The van der Waals surface area contributed by atoms with Crippen molar-refractivity contribution in [1.82, 2.24) is 10.1 Å². The molecule has 0 amide bonds. The Bertz CT molecular complexity index is 551. The summed E-state index contributed by atoms with van der Waals surface area (Å²) in [7, 11) is 0. The number of nitrogens with zero attached hydrogens (tertiary/aromatic N) is 2. The maximum Gasteiger partial charge on any atom is 0.471 e. The second-order valence-electron chi connectivity index (χ2n) is 3.20. The molecule has 4 nitrogen and oxygen atoms in total. The minimum atomic E-state index is -4.68. The Balaban J connectivity index is 2.29. The molecule has 1 atom stereocenters. The van der Waals surface area contributed by atoms with Gasteiger partial charge < -0.3 is 10.3 Å². The van der Waals surface area contributed by atoms with Gasteiger partial charge in [-0.25, -0.2) is 0 Å². The highest BCUT2D eigenvalue weighted by molar-refractivity contribution is 9.10. The predicted molar refractivity (Wildman–Crippen MR) is 62.4 cm³/mol. The topological polar surface area (TPSA) is 64.9 Å². The summed E-state index contributed by atoms with van der Waals surface area (Å²) in [6.07, 6.45) is -4.68. The number of rotatable bonds is 2. The summed E-state index contributed by atoms with van der Waals surface area (Å²) < 4.78 is 42.0. The van der Waals surface area contributed by atoms with Crippen LogP contribution in [0.15, 0.2) is 15.1 Å². The lowest BCUT2D eigenvalue weighted by molar-refractivity contribution is -0.159. The van der Waals surface area contributed by atoms with E-state index in [0.29, 0.717) is 13.7 Å². The van der Waals surface area contributed by atoms with Crippen LogP contribution >= 0.6 is 38.9 Å². The van der Waals surface area contributed by atoms with Crippen molar-refractivity contribution in [2.24, 2.45) is 5.73 Å². The zero-order valence-electron chi connectivity index (χ0n) is 8.33. The molecular weight excluding hydrogens is 359 g/mol. The Kier molecular flexibility index (Phi) is 3.67. The van der Waals surface area contributed by atoms with Crippen LogP contribution < -0.4 is 5.73 Å². The molecule has 0 spiro atoms. The number of halogens is 5. The van der Waals surface area contributed by atoms with Crippen molar-refractivity contribution >= 4 is 38.9 Å². The lowest BCUT2D eigenvalue weighted by Gasteiger charge is -2.02. The van der Waals surface area contributed by atoms with Gasteiger partial charge in [-0.2, -0.15) is 18.2 Å². The quantitative estimate of drug-likeness (QED) is 0.886. The molecule has 0 saturated carbocycles. The number of alkyl halides is 3. The van der Waals surface area contributed by atoms with Crippen molar-refractivity contribution in [3.8, 4) is 0 Å². The lowest BCUT2D eigenvalue weighted by atomic mass is 10.2. The van der Waals surface area contributed by atoms with E-state index in [2.05, 4.69) is 30.6 Å². The Labute approximate surface area is 116 Å². The van der Waals surface area contributed by atoms with Gasteiger partial charge in [0.15, 0.2) is 5.82 Å². The van der Waals surface area contributed by atoms with Gasteiger partial charge in [-0.15, -0.1) is 11.3 Å². The Morgan fingerprint density at radius 2 is 2.17 bits per heavy atom. The zero-order chi connectivity index (χ0) is 13.5. The summed E-state index contributed by atoms with van der Waals surface area (Å²) in [6, 6.07) is 0.681. The molecule has 0 bridgehead atoms. The van der Waals surface area contributed by atoms with Crippen LogP contribution in [-0.4, -0.2) is 10.1 Å².